The minimum Gasteiger partial charge on any atom is -0.388 e. The first-order valence-corrected chi connectivity index (χ1v) is 5.77. The first kappa shape index (κ1) is 12.8. The molecule has 4 nitrogen and oxygen atoms in total. The summed E-state index contributed by atoms with van der Waals surface area (Å²) in [7, 11) is 0. The molecule has 0 saturated heterocycles. The Kier molecular flexibility index (Phi) is 5.05. The molecule has 0 bridgehead atoms. The molecule has 1 aromatic rings. The summed E-state index contributed by atoms with van der Waals surface area (Å²) in [5, 5.41) is 12.4. The lowest BCUT2D eigenvalue weighted by Crippen LogP contribution is -2.27. The van der Waals surface area contributed by atoms with Crippen molar-refractivity contribution in [3.8, 4) is 0 Å². The predicted molar refractivity (Wildman–Crippen MR) is 63.0 cm³/mol. The van der Waals surface area contributed by atoms with E-state index in [0.717, 1.165) is 12.0 Å². The van der Waals surface area contributed by atoms with Crippen molar-refractivity contribution >= 4 is 5.91 Å². The van der Waals surface area contributed by atoms with Crippen LogP contribution in [-0.4, -0.2) is 22.1 Å². The van der Waals surface area contributed by atoms with E-state index in [2.05, 4.69) is 5.32 Å². The van der Waals surface area contributed by atoms with Crippen LogP contribution < -0.4 is 5.32 Å². The number of nitrogens with zero attached hydrogens (tertiary/aromatic N) is 1. The third kappa shape index (κ3) is 3.70. The van der Waals surface area contributed by atoms with E-state index < -0.39 is 6.10 Å². The van der Waals surface area contributed by atoms with Crippen molar-refractivity contribution in [2.75, 3.05) is 6.54 Å². The summed E-state index contributed by atoms with van der Waals surface area (Å²) < 4.78 is 1.79. The second-order valence-corrected chi connectivity index (χ2v) is 3.89. The van der Waals surface area contributed by atoms with Gasteiger partial charge in [-0.15, -0.1) is 0 Å². The second kappa shape index (κ2) is 6.33. The second-order valence-electron chi connectivity index (χ2n) is 3.89. The summed E-state index contributed by atoms with van der Waals surface area (Å²) in [6, 6.07) is 1.85. The molecule has 0 aromatic carbocycles. The minimum atomic E-state index is -0.431. The SMILES string of the molecule is CCCNC(=O)Cn1ccc(C(O)CC)c1. The van der Waals surface area contributed by atoms with Crippen LogP contribution in [0.25, 0.3) is 0 Å². The Morgan fingerprint density at radius 1 is 1.56 bits per heavy atom. The van der Waals surface area contributed by atoms with Gasteiger partial charge in [-0.1, -0.05) is 13.8 Å². The Hall–Kier alpha value is -1.29. The molecule has 0 fully saturated rings. The number of amides is 1. The van der Waals surface area contributed by atoms with Gasteiger partial charge < -0.3 is 15.0 Å². The quantitative estimate of drug-likeness (QED) is 0.768. The summed E-state index contributed by atoms with van der Waals surface area (Å²) >= 11 is 0. The molecule has 0 aliphatic heterocycles. The van der Waals surface area contributed by atoms with Gasteiger partial charge in [0.2, 0.25) is 5.91 Å². The van der Waals surface area contributed by atoms with Crippen LogP contribution in [0.1, 0.15) is 38.4 Å². The lowest BCUT2D eigenvalue weighted by atomic mass is 10.1. The van der Waals surface area contributed by atoms with E-state index in [0.29, 0.717) is 19.5 Å². The highest BCUT2D eigenvalue weighted by atomic mass is 16.3. The maximum Gasteiger partial charge on any atom is 0.239 e. The Morgan fingerprint density at radius 3 is 2.94 bits per heavy atom. The number of aliphatic hydroxyl groups is 1. The molecule has 1 aromatic heterocycles. The Balaban J connectivity index is 2.48. The van der Waals surface area contributed by atoms with Crippen molar-refractivity contribution < 1.29 is 9.90 Å². The van der Waals surface area contributed by atoms with Crippen molar-refractivity contribution in [2.24, 2.45) is 0 Å². The molecule has 1 heterocycles. The van der Waals surface area contributed by atoms with E-state index in [9.17, 15) is 9.90 Å². The van der Waals surface area contributed by atoms with Crippen LogP contribution in [0.2, 0.25) is 0 Å². The van der Waals surface area contributed by atoms with E-state index in [-0.39, 0.29) is 5.91 Å². The summed E-state index contributed by atoms with van der Waals surface area (Å²) in [6.07, 6.45) is 4.84. The van der Waals surface area contributed by atoms with E-state index in [4.69, 9.17) is 0 Å². The zero-order chi connectivity index (χ0) is 12.0. The van der Waals surface area contributed by atoms with E-state index in [1.807, 2.05) is 32.3 Å². The standard InChI is InChI=1S/C12H20N2O2/c1-3-6-13-12(16)9-14-7-5-10(8-14)11(15)4-2/h5,7-8,11,15H,3-4,6,9H2,1-2H3,(H,13,16). The Bertz CT molecular complexity index is 334. The average molecular weight is 224 g/mol. The first-order chi connectivity index (χ1) is 7.67. The van der Waals surface area contributed by atoms with Gasteiger partial charge in [-0.2, -0.15) is 0 Å². The molecule has 0 spiro atoms. The van der Waals surface area contributed by atoms with E-state index in [1.54, 1.807) is 4.57 Å². The average Bonchev–Trinajstić information content (AvgIpc) is 2.73. The maximum absolute atomic E-state index is 11.4. The van der Waals surface area contributed by atoms with Crippen LogP contribution in [-0.2, 0) is 11.3 Å². The minimum absolute atomic E-state index is 0.00925. The van der Waals surface area contributed by atoms with Gasteiger partial charge in [0.25, 0.3) is 0 Å². The molecule has 0 aliphatic rings. The number of aromatic nitrogens is 1. The number of carbonyl (C=O) groups is 1. The van der Waals surface area contributed by atoms with E-state index in [1.165, 1.54) is 0 Å². The lowest BCUT2D eigenvalue weighted by Gasteiger charge is -2.05. The molecule has 0 aliphatic carbocycles. The number of nitrogens with one attached hydrogen (secondary N) is 1. The molecule has 4 heteroatoms. The van der Waals surface area contributed by atoms with Crippen LogP contribution in [0.15, 0.2) is 18.5 Å². The van der Waals surface area contributed by atoms with Crippen LogP contribution >= 0.6 is 0 Å². The maximum atomic E-state index is 11.4. The van der Waals surface area contributed by atoms with Gasteiger partial charge in [0, 0.05) is 18.9 Å². The topological polar surface area (TPSA) is 54.3 Å². The van der Waals surface area contributed by atoms with Crippen molar-refractivity contribution in [2.45, 2.75) is 39.3 Å². The summed E-state index contributed by atoms with van der Waals surface area (Å²) in [5.74, 6) is 0.00925. The zero-order valence-electron chi connectivity index (χ0n) is 9.94. The number of carbonyl (C=O) groups excluding carboxylic acids is 1. The number of hydrogen-bond donors (Lipinski definition) is 2. The van der Waals surface area contributed by atoms with Gasteiger partial charge in [0.15, 0.2) is 0 Å². The molecule has 1 unspecified atom stereocenters. The first-order valence-electron chi connectivity index (χ1n) is 5.77. The Morgan fingerprint density at radius 2 is 2.31 bits per heavy atom. The highest BCUT2D eigenvalue weighted by Crippen LogP contribution is 2.15. The predicted octanol–water partition coefficient (Wildman–Crippen LogP) is 1.46. The fourth-order valence-electron chi connectivity index (χ4n) is 1.48. The van der Waals surface area contributed by atoms with Crippen molar-refractivity contribution in [1.82, 2.24) is 9.88 Å². The molecule has 1 rings (SSSR count). The van der Waals surface area contributed by atoms with Gasteiger partial charge in [-0.3, -0.25) is 4.79 Å². The molecule has 0 saturated carbocycles. The van der Waals surface area contributed by atoms with Crippen LogP contribution in [0.3, 0.4) is 0 Å². The van der Waals surface area contributed by atoms with Crippen LogP contribution in [0.5, 0.6) is 0 Å². The van der Waals surface area contributed by atoms with E-state index >= 15 is 0 Å². The number of aliphatic hydroxyl groups excluding tert-OH is 1. The Labute approximate surface area is 96.3 Å². The fraction of sp³-hybridized carbons (Fsp3) is 0.583. The lowest BCUT2D eigenvalue weighted by molar-refractivity contribution is -0.121. The van der Waals surface area contributed by atoms with Crippen molar-refractivity contribution in [1.29, 1.82) is 0 Å². The summed E-state index contributed by atoms with van der Waals surface area (Å²) in [5.41, 5.74) is 0.866. The van der Waals surface area contributed by atoms with Gasteiger partial charge in [-0.25, -0.2) is 0 Å². The van der Waals surface area contributed by atoms with Crippen molar-refractivity contribution in [3.05, 3.63) is 24.0 Å². The summed E-state index contributed by atoms with van der Waals surface area (Å²) in [6.45, 7) is 4.97. The normalized spacial score (nSPS) is 12.4. The molecule has 2 N–H and O–H groups in total. The number of rotatable bonds is 6. The fourth-order valence-corrected chi connectivity index (χ4v) is 1.48. The molecule has 90 valence electrons. The highest BCUT2D eigenvalue weighted by molar-refractivity contribution is 5.75. The molecule has 16 heavy (non-hydrogen) atoms. The third-order valence-electron chi connectivity index (χ3n) is 2.44. The molecule has 0 radical (unpaired) electrons. The largest absolute Gasteiger partial charge is 0.388 e. The van der Waals surface area contributed by atoms with Gasteiger partial charge in [-0.05, 0) is 24.5 Å². The smallest absolute Gasteiger partial charge is 0.239 e. The third-order valence-corrected chi connectivity index (χ3v) is 2.44. The van der Waals surface area contributed by atoms with Crippen LogP contribution in [0.4, 0.5) is 0 Å². The van der Waals surface area contributed by atoms with Crippen molar-refractivity contribution in [3.63, 3.8) is 0 Å². The monoisotopic (exact) mass is 224 g/mol. The molecule has 1 atom stereocenters. The summed E-state index contributed by atoms with van der Waals surface area (Å²) in [4.78, 5) is 11.4. The molecular weight excluding hydrogens is 204 g/mol. The van der Waals surface area contributed by atoms with Crippen LogP contribution in [0, 0.1) is 0 Å². The van der Waals surface area contributed by atoms with Gasteiger partial charge in [0.1, 0.15) is 6.54 Å². The highest BCUT2D eigenvalue weighted by Gasteiger charge is 2.07. The molecule has 1 amide bonds. The van der Waals surface area contributed by atoms with Gasteiger partial charge in [0.05, 0.1) is 6.10 Å². The number of hydrogen-bond acceptors (Lipinski definition) is 2. The molecular formula is C12H20N2O2. The van der Waals surface area contributed by atoms with Gasteiger partial charge >= 0.3 is 0 Å². The zero-order valence-corrected chi connectivity index (χ0v) is 9.94.